The summed E-state index contributed by atoms with van der Waals surface area (Å²) in [5.74, 6) is 0.135. The first-order valence-electron chi connectivity index (χ1n) is 4.29. The van der Waals surface area contributed by atoms with Gasteiger partial charge in [-0.15, -0.1) is 0 Å². The fourth-order valence-corrected chi connectivity index (χ4v) is 1.32. The second-order valence-corrected chi connectivity index (χ2v) is 3.41. The van der Waals surface area contributed by atoms with Crippen molar-refractivity contribution in [2.45, 2.75) is 20.3 Å². The monoisotopic (exact) mass is 165 g/mol. The van der Waals surface area contributed by atoms with Gasteiger partial charge in [0.15, 0.2) is 0 Å². The van der Waals surface area contributed by atoms with Crippen LogP contribution in [0.25, 0.3) is 0 Å². The van der Waals surface area contributed by atoms with Crippen molar-refractivity contribution in [3.8, 4) is 0 Å². The fraction of sp³-hybridized carbons (Fsp3) is 0.500. The van der Waals surface area contributed by atoms with Gasteiger partial charge in [0.2, 0.25) is 5.91 Å². The molecule has 1 rings (SSSR count). The van der Waals surface area contributed by atoms with Gasteiger partial charge in [-0.3, -0.25) is 4.79 Å². The summed E-state index contributed by atoms with van der Waals surface area (Å²) in [5.41, 5.74) is 6.26. The van der Waals surface area contributed by atoms with Crippen molar-refractivity contribution in [2.75, 3.05) is 0 Å². The quantitative estimate of drug-likeness (QED) is 0.664. The predicted octanol–water partition coefficient (Wildman–Crippen LogP) is 1.63. The molecule has 1 amide bonds. The Morgan fingerprint density at radius 3 is 2.92 bits per heavy atom. The van der Waals surface area contributed by atoms with Crippen molar-refractivity contribution >= 4 is 5.91 Å². The molecule has 0 spiro atoms. The first kappa shape index (κ1) is 9.04. The minimum absolute atomic E-state index is 0.149. The van der Waals surface area contributed by atoms with E-state index in [1.807, 2.05) is 13.0 Å². The fourth-order valence-electron chi connectivity index (χ4n) is 1.32. The van der Waals surface area contributed by atoms with Gasteiger partial charge < -0.3 is 5.73 Å². The third-order valence-electron chi connectivity index (χ3n) is 2.22. The Kier molecular flexibility index (Phi) is 2.69. The van der Waals surface area contributed by atoms with Gasteiger partial charge in [0.25, 0.3) is 0 Å². The Labute approximate surface area is 73.1 Å². The number of primary amides is 1. The van der Waals surface area contributed by atoms with E-state index in [4.69, 9.17) is 5.73 Å². The number of carbonyl (C=O) groups excluding carboxylic acids is 1. The van der Waals surface area contributed by atoms with Gasteiger partial charge in [-0.05, 0) is 24.8 Å². The van der Waals surface area contributed by atoms with Crippen molar-refractivity contribution in [2.24, 2.45) is 17.6 Å². The lowest BCUT2D eigenvalue weighted by Gasteiger charge is -2.15. The van der Waals surface area contributed by atoms with Crippen molar-refractivity contribution in [3.63, 3.8) is 0 Å². The number of allylic oxidation sites excluding steroid dienone is 3. The molecule has 0 aromatic rings. The number of carbonyl (C=O) groups is 1. The van der Waals surface area contributed by atoms with Gasteiger partial charge >= 0.3 is 0 Å². The molecule has 0 radical (unpaired) electrons. The normalized spacial score (nSPS) is 24.8. The smallest absolute Gasteiger partial charge is 0.224 e. The second kappa shape index (κ2) is 3.57. The number of nitrogens with two attached hydrogens (primary N) is 1. The third-order valence-corrected chi connectivity index (χ3v) is 2.22. The first-order valence-corrected chi connectivity index (χ1v) is 4.29. The topological polar surface area (TPSA) is 43.1 Å². The lowest BCUT2D eigenvalue weighted by atomic mass is 9.90. The summed E-state index contributed by atoms with van der Waals surface area (Å²) in [6.07, 6.45) is 7.28. The second-order valence-electron chi connectivity index (χ2n) is 3.41. The SMILES string of the molecule is CC1C=C([C@H](C)C(N)=O)C=CC1. The highest BCUT2D eigenvalue weighted by Gasteiger charge is 2.15. The van der Waals surface area contributed by atoms with Crippen LogP contribution < -0.4 is 5.73 Å². The molecule has 1 aliphatic rings. The molecule has 0 aromatic carbocycles. The average molecular weight is 165 g/mol. The summed E-state index contributed by atoms with van der Waals surface area (Å²) in [7, 11) is 0. The minimum Gasteiger partial charge on any atom is -0.369 e. The van der Waals surface area contributed by atoms with Crippen LogP contribution in [0.2, 0.25) is 0 Å². The Hall–Kier alpha value is -1.05. The lowest BCUT2D eigenvalue weighted by molar-refractivity contribution is -0.120. The first-order chi connectivity index (χ1) is 5.61. The zero-order valence-corrected chi connectivity index (χ0v) is 7.58. The third kappa shape index (κ3) is 1.97. The Bertz CT molecular complexity index is 240. The van der Waals surface area contributed by atoms with Crippen LogP contribution in [0.1, 0.15) is 20.3 Å². The number of amides is 1. The van der Waals surface area contributed by atoms with Gasteiger partial charge in [-0.25, -0.2) is 0 Å². The zero-order chi connectivity index (χ0) is 9.14. The van der Waals surface area contributed by atoms with Crippen LogP contribution in [0.15, 0.2) is 23.8 Å². The molecular formula is C10H15NO. The maximum Gasteiger partial charge on any atom is 0.224 e. The highest BCUT2D eigenvalue weighted by atomic mass is 16.1. The van der Waals surface area contributed by atoms with Crippen LogP contribution in [0.4, 0.5) is 0 Å². The van der Waals surface area contributed by atoms with E-state index in [9.17, 15) is 4.79 Å². The lowest BCUT2D eigenvalue weighted by Crippen LogP contribution is -2.22. The summed E-state index contributed by atoms with van der Waals surface area (Å²) in [6.45, 7) is 3.98. The summed E-state index contributed by atoms with van der Waals surface area (Å²) >= 11 is 0. The molecule has 12 heavy (non-hydrogen) atoms. The Morgan fingerprint density at radius 1 is 1.75 bits per heavy atom. The van der Waals surface area contributed by atoms with E-state index in [2.05, 4.69) is 19.1 Å². The maximum absolute atomic E-state index is 10.9. The van der Waals surface area contributed by atoms with E-state index < -0.39 is 0 Å². The van der Waals surface area contributed by atoms with Crippen LogP contribution in [0, 0.1) is 11.8 Å². The molecule has 2 nitrogen and oxygen atoms in total. The van der Waals surface area contributed by atoms with Crippen LogP contribution in [-0.2, 0) is 4.79 Å². The minimum atomic E-state index is -0.250. The Morgan fingerprint density at radius 2 is 2.42 bits per heavy atom. The summed E-state index contributed by atoms with van der Waals surface area (Å²) < 4.78 is 0. The molecule has 0 bridgehead atoms. The molecule has 1 unspecified atom stereocenters. The van der Waals surface area contributed by atoms with Gasteiger partial charge in [0, 0.05) is 0 Å². The number of hydrogen-bond acceptors (Lipinski definition) is 1. The largest absolute Gasteiger partial charge is 0.369 e. The summed E-state index contributed by atoms with van der Waals surface area (Å²) in [5, 5.41) is 0. The molecule has 0 aromatic heterocycles. The van der Waals surface area contributed by atoms with Crippen LogP contribution in [-0.4, -0.2) is 5.91 Å². The van der Waals surface area contributed by atoms with Gasteiger partial charge in [-0.1, -0.05) is 25.2 Å². The van der Waals surface area contributed by atoms with E-state index in [1.165, 1.54) is 0 Å². The molecule has 0 fully saturated rings. The Balaban J connectivity index is 2.74. The molecule has 0 saturated heterocycles. The van der Waals surface area contributed by atoms with E-state index >= 15 is 0 Å². The predicted molar refractivity (Wildman–Crippen MR) is 49.4 cm³/mol. The van der Waals surface area contributed by atoms with Crippen LogP contribution in [0.3, 0.4) is 0 Å². The molecule has 2 heteroatoms. The molecule has 0 saturated carbocycles. The molecule has 0 aliphatic heterocycles. The summed E-state index contributed by atoms with van der Waals surface area (Å²) in [6, 6.07) is 0. The van der Waals surface area contributed by atoms with Gasteiger partial charge in [0.05, 0.1) is 5.92 Å². The number of rotatable bonds is 2. The molecular weight excluding hydrogens is 150 g/mol. The van der Waals surface area contributed by atoms with Gasteiger partial charge in [0.1, 0.15) is 0 Å². The molecule has 0 heterocycles. The maximum atomic E-state index is 10.9. The average Bonchev–Trinajstić information content (AvgIpc) is 2.03. The zero-order valence-electron chi connectivity index (χ0n) is 7.58. The van der Waals surface area contributed by atoms with Crippen molar-refractivity contribution in [3.05, 3.63) is 23.8 Å². The standard InChI is InChI=1S/C10H15NO/c1-7-4-3-5-9(6-7)8(2)10(11)12/h3,5-8H,4H2,1-2H3,(H2,11,12)/t7?,8-/m0/s1. The van der Waals surface area contributed by atoms with E-state index in [-0.39, 0.29) is 11.8 Å². The highest BCUT2D eigenvalue weighted by Crippen LogP contribution is 2.21. The highest BCUT2D eigenvalue weighted by molar-refractivity contribution is 5.80. The summed E-state index contributed by atoms with van der Waals surface area (Å²) in [4.78, 5) is 10.9. The van der Waals surface area contributed by atoms with Crippen molar-refractivity contribution in [1.29, 1.82) is 0 Å². The van der Waals surface area contributed by atoms with E-state index in [0.717, 1.165) is 12.0 Å². The van der Waals surface area contributed by atoms with Crippen molar-refractivity contribution < 1.29 is 4.79 Å². The van der Waals surface area contributed by atoms with Gasteiger partial charge in [-0.2, -0.15) is 0 Å². The van der Waals surface area contributed by atoms with E-state index in [0.29, 0.717) is 5.92 Å². The molecule has 2 atom stereocenters. The van der Waals surface area contributed by atoms with Crippen LogP contribution >= 0.6 is 0 Å². The number of hydrogen-bond donors (Lipinski definition) is 1. The molecule has 1 aliphatic carbocycles. The molecule has 66 valence electrons. The van der Waals surface area contributed by atoms with E-state index in [1.54, 1.807) is 0 Å². The molecule has 2 N–H and O–H groups in total. The van der Waals surface area contributed by atoms with Crippen molar-refractivity contribution in [1.82, 2.24) is 0 Å². The van der Waals surface area contributed by atoms with Crippen LogP contribution in [0.5, 0.6) is 0 Å².